The summed E-state index contributed by atoms with van der Waals surface area (Å²) in [5.41, 5.74) is 1.65. The van der Waals surface area contributed by atoms with Gasteiger partial charge in [-0.3, -0.25) is 4.98 Å². The van der Waals surface area contributed by atoms with E-state index < -0.39 is 11.8 Å². The average Bonchev–Trinajstić information content (AvgIpc) is 2.64. The molecule has 0 aliphatic heterocycles. The van der Waals surface area contributed by atoms with Crippen molar-refractivity contribution in [2.45, 2.75) is 13.5 Å². The van der Waals surface area contributed by atoms with Crippen molar-refractivity contribution in [3.63, 3.8) is 0 Å². The highest BCUT2D eigenvalue weighted by Crippen LogP contribution is 2.20. The zero-order valence-corrected chi connectivity index (χ0v) is 13.6. The van der Waals surface area contributed by atoms with Crippen LogP contribution in [0.2, 0.25) is 0 Å². The number of hydrogen-bond acceptors (Lipinski definition) is 4. The number of rotatable bonds is 5. The van der Waals surface area contributed by atoms with Gasteiger partial charge < -0.3 is 9.47 Å². The van der Waals surface area contributed by atoms with Gasteiger partial charge in [-0.05, 0) is 66.6 Å². The number of hydrogen-bond donors (Lipinski definition) is 0. The van der Waals surface area contributed by atoms with Crippen LogP contribution in [0.5, 0.6) is 11.5 Å². The number of carbonyl (C=O) groups excluding carboxylic acids is 1. The summed E-state index contributed by atoms with van der Waals surface area (Å²) < 4.78 is 24.4. The Morgan fingerprint density at radius 1 is 1.00 bits per heavy atom. The van der Waals surface area contributed by atoms with Crippen molar-refractivity contribution >= 4 is 5.97 Å². The highest BCUT2D eigenvalue weighted by Gasteiger charge is 2.11. The SMILES string of the molecule is Cc1ccc(C(=O)Oc2ccc(OCc3ccncc3)cc2)cc1F. The summed E-state index contributed by atoms with van der Waals surface area (Å²) in [5.74, 6) is -0.0288. The maximum atomic E-state index is 13.5. The summed E-state index contributed by atoms with van der Waals surface area (Å²) in [6, 6.07) is 14.7. The molecule has 0 fully saturated rings. The summed E-state index contributed by atoms with van der Waals surface area (Å²) in [6.45, 7) is 2.05. The number of aromatic nitrogens is 1. The summed E-state index contributed by atoms with van der Waals surface area (Å²) in [7, 11) is 0. The molecule has 0 spiro atoms. The molecule has 0 aliphatic rings. The molecule has 0 unspecified atom stereocenters. The van der Waals surface area contributed by atoms with E-state index in [-0.39, 0.29) is 5.56 Å². The van der Waals surface area contributed by atoms with Crippen molar-refractivity contribution in [2.75, 3.05) is 0 Å². The van der Waals surface area contributed by atoms with E-state index in [9.17, 15) is 9.18 Å². The predicted molar refractivity (Wildman–Crippen MR) is 91.1 cm³/mol. The first-order valence-electron chi connectivity index (χ1n) is 7.72. The Hall–Kier alpha value is -3.21. The third-order valence-corrected chi connectivity index (χ3v) is 3.60. The molecular weight excluding hydrogens is 321 g/mol. The number of aryl methyl sites for hydroxylation is 1. The maximum absolute atomic E-state index is 13.5. The molecule has 0 atom stereocenters. The fourth-order valence-corrected chi connectivity index (χ4v) is 2.14. The van der Waals surface area contributed by atoms with E-state index in [0.29, 0.717) is 23.7 Å². The molecule has 4 nitrogen and oxygen atoms in total. The molecule has 126 valence electrons. The van der Waals surface area contributed by atoms with Crippen molar-refractivity contribution in [2.24, 2.45) is 0 Å². The molecule has 2 aromatic carbocycles. The Morgan fingerprint density at radius 3 is 2.36 bits per heavy atom. The number of nitrogens with zero attached hydrogens (tertiary/aromatic N) is 1. The summed E-state index contributed by atoms with van der Waals surface area (Å²) >= 11 is 0. The van der Waals surface area contributed by atoms with E-state index in [1.807, 2.05) is 12.1 Å². The van der Waals surface area contributed by atoms with Gasteiger partial charge in [-0.1, -0.05) is 6.07 Å². The first kappa shape index (κ1) is 16.6. The van der Waals surface area contributed by atoms with Gasteiger partial charge in [0.05, 0.1) is 5.56 Å². The number of esters is 1. The molecule has 0 N–H and O–H groups in total. The Bertz CT molecular complexity index is 864. The molecule has 5 heteroatoms. The lowest BCUT2D eigenvalue weighted by Gasteiger charge is -2.08. The van der Waals surface area contributed by atoms with Gasteiger partial charge in [-0.2, -0.15) is 0 Å². The van der Waals surface area contributed by atoms with E-state index in [4.69, 9.17) is 9.47 Å². The van der Waals surface area contributed by atoms with Gasteiger partial charge >= 0.3 is 5.97 Å². The van der Waals surface area contributed by atoms with E-state index in [0.717, 1.165) is 5.56 Å². The first-order valence-corrected chi connectivity index (χ1v) is 7.72. The first-order chi connectivity index (χ1) is 12.1. The Balaban J connectivity index is 1.60. The maximum Gasteiger partial charge on any atom is 0.343 e. The monoisotopic (exact) mass is 337 g/mol. The van der Waals surface area contributed by atoms with Crippen LogP contribution in [-0.4, -0.2) is 11.0 Å². The zero-order valence-electron chi connectivity index (χ0n) is 13.6. The van der Waals surface area contributed by atoms with Gasteiger partial charge in [0.2, 0.25) is 0 Å². The Morgan fingerprint density at radius 2 is 1.68 bits per heavy atom. The topological polar surface area (TPSA) is 48.4 Å². The lowest BCUT2D eigenvalue weighted by molar-refractivity contribution is 0.0734. The smallest absolute Gasteiger partial charge is 0.343 e. The molecule has 0 saturated carbocycles. The highest BCUT2D eigenvalue weighted by molar-refractivity contribution is 5.91. The van der Waals surface area contributed by atoms with Gasteiger partial charge in [-0.25, -0.2) is 9.18 Å². The third-order valence-electron chi connectivity index (χ3n) is 3.60. The third kappa shape index (κ3) is 4.41. The Kier molecular flexibility index (Phi) is 5.04. The molecule has 1 heterocycles. The molecule has 0 bridgehead atoms. The van der Waals surface area contributed by atoms with Crippen LogP contribution in [-0.2, 0) is 6.61 Å². The van der Waals surface area contributed by atoms with Crippen LogP contribution >= 0.6 is 0 Å². The number of benzene rings is 2. The van der Waals surface area contributed by atoms with E-state index in [1.54, 1.807) is 49.6 Å². The van der Waals surface area contributed by atoms with Crippen molar-refractivity contribution < 1.29 is 18.7 Å². The number of carbonyl (C=O) groups is 1. The quantitative estimate of drug-likeness (QED) is 0.514. The standard InChI is InChI=1S/C20H16FNO3/c1-14-2-3-16(12-19(14)21)20(23)25-18-6-4-17(5-7-18)24-13-15-8-10-22-11-9-15/h2-12H,13H2,1H3. The van der Waals surface area contributed by atoms with Gasteiger partial charge in [0.15, 0.2) is 0 Å². The summed E-state index contributed by atoms with van der Waals surface area (Å²) in [6.07, 6.45) is 3.41. The van der Waals surface area contributed by atoms with Gasteiger partial charge in [0, 0.05) is 12.4 Å². The molecule has 0 amide bonds. The Labute approximate surface area is 144 Å². The summed E-state index contributed by atoms with van der Waals surface area (Å²) in [5, 5.41) is 0. The van der Waals surface area contributed by atoms with Gasteiger partial charge in [0.1, 0.15) is 23.9 Å². The van der Waals surface area contributed by atoms with Crippen LogP contribution in [0.25, 0.3) is 0 Å². The van der Waals surface area contributed by atoms with Crippen LogP contribution in [0.15, 0.2) is 67.0 Å². The highest BCUT2D eigenvalue weighted by atomic mass is 19.1. The second-order valence-electron chi connectivity index (χ2n) is 5.47. The lowest BCUT2D eigenvalue weighted by Crippen LogP contribution is -2.09. The van der Waals surface area contributed by atoms with Gasteiger partial charge in [-0.15, -0.1) is 0 Å². The van der Waals surface area contributed by atoms with E-state index in [2.05, 4.69) is 4.98 Å². The van der Waals surface area contributed by atoms with Crippen LogP contribution in [0.4, 0.5) is 4.39 Å². The molecule has 25 heavy (non-hydrogen) atoms. The fraction of sp³-hybridized carbons (Fsp3) is 0.100. The minimum atomic E-state index is -0.607. The second kappa shape index (κ2) is 7.57. The van der Waals surface area contributed by atoms with E-state index >= 15 is 0 Å². The van der Waals surface area contributed by atoms with Crippen LogP contribution in [0, 0.1) is 12.7 Å². The largest absolute Gasteiger partial charge is 0.489 e. The van der Waals surface area contributed by atoms with E-state index in [1.165, 1.54) is 12.1 Å². The van der Waals surface area contributed by atoms with Crippen LogP contribution < -0.4 is 9.47 Å². The molecule has 1 aromatic heterocycles. The molecule has 3 rings (SSSR count). The zero-order chi connectivity index (χ0) is 17.6. The summed E-state index contributed by atoms with van der Waals surface area (Å²) in [4.78, 5) is 16.0. The fourth-order valence-electron chi connectivity index (χ4n) is 2.14. The second-order valence-corrected chi connectivity index (χ2v) is 5.47. The minimum absolute atomic E-state index is 0.168. The lowest BCUT2D eigenvalue weighted by atomic mass is 10.1. The predicted octanol–water partition coefficient (Wildman–Crippen LogP) is 4.33. The molecule has 0 aliphatic carbocycles. The number of pyridine rings is 1. The minimum Gasteiger partial charge on any atom is -0.489 e. The van der Waals surface area contributed by atoms with Crippen molar-refractivity contribution in [3.8, 4) is 11.5 Å². The molecule has 0 saturated heterocycles. The van der Waals surface area contributed by atoms with Crippen molar-refractivity contribution in [3.05, 3.63) is 89.5 Å². The number of ether oxygens (including phenoxy) is 2. The average molecular weight is 337 g/mol. The van der Waals surface area contributed by atoms with Crippen LogP contribution in [0.1, 0.15) is 21.5 Å². The number of halogens is 1. The van der Waals surface area contributed by atoms with Gasteiger partial charge in [0.25, 0.3) is 0 Å². The van der Waals surface area contributed by atoms with Crippen molar-refractivity contribution in [1.82, 2.24) is 4.98 Å². The normalized spacial score (nSPS) is 10.3. The van der Waals surface area contributed by atoms with Crippen molar-refractivity contribution in [1.29, 1.82) is 0 Å². The van der Waals surface area contributed by atoms with Crippen LogP contribution in [0.3, 0.4) is 0 Å². The molecule has 0 radical (unpaired) electrons. The molecule has 3 aromatic rings. The molecular formula is C20H16FNO3.